The number of carbonyl (C=O) groups is 2. The highest BCUT2D eigenvalue weighted by Gasteiger charge is 2.23. The molecule has 0 saturated heterocycles. The molecule has 0 saturated carbocycles. The van der Waals surface area contributed by atoms with Gasteiger partial charge < -0.3 is 9.84 Å². The lowest BCUT2D eigenvalue weighted by atomic mass is 9.99. The molecular formula is C12H14O7S. The van der Waals surface area contributed by atoms with Crippen molar-refractivity contribution in [3.63, 3.8) is 0 Å². The SMILES string of the molecule is CCOC(=O)c1cc(S(=O)(=O)O)cc(C(=O)O)c1CC. The number of esters is 1. The minimum atomic E-state index is -4.63. The second-order valence-electron chi connectivity index (χ2n) is 3.85. The molecule has 0 unspecified atom stereocenters. The number of carboxylic acids is 1. The highest BCUT2D eigenvalue weighted by molar-refractivity contribution is 7.85. The van der Waals surface area contributed by atoms with Gasteiger partial charge in [-0.25, -0.2) is 9.59 Å². The molecule has 0 bridgehead atoms. The van der Waals surface area contributed by atoms with Crippen molar-refractivity contribution >= 4 is 22.1 Å². The fourth-order valence-corrected chi connectivity index (χ4v) is 2.29. The summed E-state index contributed by atoms with van der Waals surface area (Å²) in [5.74, 6) is -2.23. The van der Waals surface area contributed by atoms with Gasteiger partial charge in [0.1, 0.15) is 0 Å². The van der Waals surface area contributed by atoms with Crippen LogP contribution in [0, 0.1) is 0 Å². The zero-order chi connectivity index (χ0) is 15.5. The Kier molecular flexibility index (Phi) is 4.85. The predicted molar refractivity (Wildman–Crippen MR) is 68.6 cm³/mol. The molecular weight excluding hydrogens is 288 g/mol. The van der Waals surface area contributed by atoms with Gasteiger partial charge in [-0.15, -0.1) is 0 Å². The third-order valence-corrected chi connectivity index (χ3v) is 3.43. The molecule has 20 heavy (non-hydrogen) atoms. The van der Waals surface area contributed by atoms with Gasteiger partial charge >= 0.3 is 11.9 Å². The van der Waals surface area contributed by atoms with Crippen LogP contribution in [0.2, 0.25) is 0 Å². The van der Waals surface area contributed by atoms with E-state index in [9.17, 15) is 18.0 Å². The second-order valence-corrected chi connectivity index (χ2v) is 5.27. The summed E-state index contributed by atoms with van der Waals surface area (Å²) in [4.78, 5) is 22.3. The van der Waals surface area contributed by atoms with Crippen LogP contribution in [0.15, 0.2) is 17.0 Å². The monoisotopic (exact) mass is 302 g/mol. The molecule has 0 heterocycles. The maximum Gasteiger partial charge on any atom is 0.338 e. The Morgan fingerprint density at radius 3 is 2.15 bits per heavy atom. The fraction of sp³-hybridized carbons (Fsp3) is 0.333. The summed E-state index contributed by atoms with van der Waals surface area (Å²) in [6.07, 6.45) is 0.196. The molecule has 1 aromatic rings. The lowest BCUT2D eigenvalue weighted by Crippen LogP contribution is -2.14. The van der Waals surface area contributed by atoms with Gasteiger partial charge in [0.05, 0.1) is 22.6 Å². The Balaban J connectivity index is 3.66. The number of carboxylic acid groups (broad SMARTS) is 1. The van der Waals surface area contributed by atoms with Gasteiger partial charge in [0, 0.05) is 0 Å². The molecule has 0 radical (unpaired) electrons. The lowest BCUT2D eigenvalue weighted by Gasteiger charge is -2.12. The molecule has 7 nitrogen and oxygen atoms in total. The number of benzene rings is 1. The summed E-state index contributed by atoms with van der Waals surface area (Å²) >= 11 is 0. The number of hydrogen-bond acceptors (Lipinski definition) is 5. The predicted octanol–water partition coefficient (Wildman–Crippen LogP) is 1.37. The molecule has 1 aromatic carbocycles. The topological polar surface area (TPSA) is 118 Å². The molecule has 1 rings (SSSR count). The highest BCUT2D eigenvalue weighted by Crippen LogP contribution is 2.23. The molecule has 0 aliphatic heterocycles. The number of aromatic carboxylic acids is 1. The van der Waals surface area contributed by atoms with Crippen LogP contribution in [0.4, 0.5) is 0 Å². The first-order valence-corrected chi connectivity index (χ1v) is 7.21. The van der Waals surface area contributed by atoms with Crippen molar-refractivity contribution in [1.29, 1.82) is 0 Å². The van der Waals surface area contributed by atoms with Gasteiger partial charge in [-0.3, -0.25) is 4.55 Å². The number of rotatable bonds is 5. The van der Waals surface area contributed by atoms with E-state index in [0.717, 1.165) is 12.1 Å². The third-order valence-electron chi connectivity index (χ3n) is 2.60. The lowest BCUT2D eigenvalue weighted by molar-refractivity contribution is 0.0525. The van der Waals surface area contributed by atoms with E-state index in [2.05, 4.69) is 0 Å². The van der Waals surface area contributed by atoms with E-state index in [4.69, 9.17) is 14.4 Å². The van der Waals surface area contributed by atoms with E-state index in [1.54, 1.807) is 13.8 Å². The minimum Gasteiger partial charge on any atom is -0.478 e. The molecule has 0 amide bonds. The standard InChI is InChI=1S/C12H14O7S/c1-3-8-9(11(13)14)5-7(20(16,17)18)6-10(8)12(15)19-4-2/h5-6H,3-4H2,1-2H3,(H,13,14)(H,16,17,18). The number of carbonyl (C=O) groups excluding carboxylic acids is 1. The van der Waals surface area contributed by atoms with E-state index in [-0.39, 0.29) is 29.7 Å². The van der Waals surface area contributed by atoms with E-state index >= 15 is 0 Å². The molecule has 0 aliphatic rings. The van der Waals surface area contributed by atoms with E-state index in [1.165, 1.54) is 0 Å². The summed E-state index contributed by atoms with van der Waals surface area (Å²) in [6, 6.07) is 1.73. The average Bonchev–Trinajstić information content (AvgIpc) is 2.36. The maximum absolute atomic E-state index is 11.8. The molecule has 0 atom stereocenters. The van der Waals surface area contributed by atoms with Gasteiger partial charge in [-0.1, -0.05) is 6.92 Å². The summed E-state index contributed by atoms with van der Waals surface area (Å²) in [6.45, 7) is 3.24. The normalized spacial score (nSPS) is 11.2. The van der Waals surface area contributed by atoms with Crippen LogP contribution in [-0.2, 0) is 21.3 Å². The molecule has 0 spiro atoms. The quantitative estimate of drug-likeness (QED) is 0.623. The Morgan fingerprint density at radius 1 is 1.20 bits per heavy atom. The Morgan fingerprint density at radius 2 is 1.75 bits per heavy atom. The summed E-state index contributed by atoms with van der Waals surface area (Å²) < 4.78 is 36.1. The van der Waals surface area contributed by atoms with Crippen molar-refractivity contribution in [2.75, 3.05) is 6.61 Å². The largest absolute Gasteiger partial charge is 0.478 e. The van der Waals surface area contributed by atoms with Crippen LogP contribution in [-0.4, -0.2) is 36.6 Å². The Labute approximate surface area is 115 Å². The van der Waals surface area contributed by atoms with Crippen molar-refractivity contribution in [2.45, 2.75) is 25.2 Å². The summed E-state index contributed by atoms with van der Waals surface area (Å²) in [5, 5.41) is 9.09. The molecule has 0 aliphatic carbocycles. The zero-order valence-corrected chi connectivity index (χ0v) is 11.7. The number of hydrogen-bond donors (Lipinski definition) is 2. The third kappa shape index (κ3) is 3.34. The minimum absolute atomic E-state index is 0.0560. The summed E-state index contributed by atoms with van der Waals surface area (Å²) in [5.41, 5.74) is -0.379. The molecule has 0 fully saturated rings. The Hall–Kier alpha value is -1.93. The van der Waals surface area contributed by atoms with Gasteiger partial charge in [0.2, 0.25) is 0 Å². The van der Waals surface area contributed by atoms with Crippen molar-refractivity contribution < 1.29 is 32.4 Å². The molecule has 110 valence electrons. The van der Waals surface area contributed by atoms with Gasteiger partial charge in [0.15, 0.2) is 0 Å². The van der Waals surface area contributed by atoms with Crippen molar-refractivity contribution in [2.24, 2.45) is 0 Å². The van der Waals surface area contributed by atoms with Gasteiger partial charge in [0.25, 0.3) is 10.1 Å². The molecule has 2 N–H and O–H groups in total. The Bertz CT molecular complexity index is 646. The first-order valence-electron chi connectivity index (χ1n) is 5.77. The van der Waals surface area contributed by atoms with E-state index < -0.39 is 27.0 Å². The first-order chi connectivity index (χ1) is 9.22. The van der Waals surface area contributed by atoms with Gasteiger partial charge in [-0.05, 0) is 31.0 Å². The highest BCUT2D eigenvalue weighted by atomic mass is 32.2. The maximum atomic E-state index is 11.8. The van der Waals surface area contributed by atoms with Crippen LogP contribution in [0.3, 0.4) is 0 Å². The van der Waals surface area contributed by atoms with Crippen molar-refractivity contribution in [3.8, 4) is 0 Å². The van der Waals surface area contributed by atoms with Crippen LogP contribution < -0.4 is 0 Å². The fourth-order valence-electron chi connectivity index (χ4n) is 1.76. The van der Waals surface area contributed by atoms with Crippen LogP contribution in [0.25, 0.3) is 0 Å². The zero-order valence-electron chi connectivity index (χ0n) is 10.9. The molecule has 0 aromatic heterocycles. The summed E-state index contributed by atoms with van der Waals surface area (Å²) in [7, 11) is -4.63. The first kappa shape index (κ1) is 16.1. The van der Waals surface area contributed by atoms with Crippen molar-refractivity contribution in [3.05, 3.63) is 28.8 Å². The second kappa shape index (κ2) is 6.02. The number of ether oxygens (including phenoxy) is 1. The van der Waals surface area contributed by atoms with Crippen LogP contribution in [0.1, 0.15) is 40.1 Å². The smallest absolute Gasteiger partial charge is 0.338 e. The average molecular weight is 302 g/mol. The van der Waals surface area contributed by atoms with Crippen LogP contribution in [0.5, 0.6) is 0 Å². The van der Waals surface area contributed by atoms with Gasteiger partial charge in [-0.2, -0.15) is 8.42 Å². The van der Waals surface area contributed by atoms with Crippen LogP contribution >= 0.6 is 0 Å². The van der Waals surface area contributed by atoms with Crippen molar-refractivity contribution in [1.82, 2.24) is 0 Å². The van der Waals surface area contributed by atoms with E-state index in [1.807, 2.05) is 0 Å². The molecule has 8 heteroatoms. The van der Waals surface area contributed by atoms with E-state index in [0.29, 0.717) is 0 Å².